The van der Waals surface area contributed by atoms with E-state index < -0.39 is 0 Å². The maximum Gasteiger partial charge on any atom is 0.233 e. The standard InChI is InChI=1S/C8H12N4O/c9-7-1-2-8(12-11-7)13-5-6-3-10-4-6/h1-2,6,10H,3-5H2,(H2,9,11). The van der Waals surface area contributed by atoms with Gasteiger partial charge in [0.1, 0.15) is 5.82 Å². The Morgan fingerprint density at radius 3 is 2.85 bits per heavy atom. The lowest BCUT2D eigenvalue weighted by Gasteiger charge is -2.26. The molecule has 0 aliphatic carbocycles. The van der Waals surface area contributed by atoms with Crippen LogP contribution in [0.2, 0.25) is 0 Å². The number of nitrogens with two attached hydrogens (primary N) is 1. The number of hydrogen-bond acceptors (Lipinski definition) is 5. The number of nitrogens with zero attached hydrogens (tertiary/aromatic N) is 2. The molecule has 1 aromatic heterocycles. The van der Waals surface area contributed by atoms with Crippen LogP contribution < -0.4 is 15.8 Å². The number of hydrogen-bond donors (Lipinski definition) is 2. The second-order valence-electron chi connectivity index (χ2n) is 3.13. The summed E-state index contributed by atoms with van der Waals surface area (Å²) in [6.07, 6.45) is 0. The van der Waals surface area contributed by atoms with Gasteiger partial charge in [-0.25, -0.2) is 0 Å². The monoisotopic (exact) mass is 180 g/mol. The molecule has 70 valence electrons. The zero-order valence-corrected chi connectivity index (χ0v) is 7.23. The van der Waals surface area contributed by atoms with E-state index in [1.807, 2.05) is 0 Å². The smallest absolute Gasteiger partial charge is 0.233 e. The average molecular weight is 180 g/mol. The zero-order valence-electron chi connectivity index (χ0n) is 7.23. The summed E-state index contributed by atoms with van der Waals surface area (Å²) in [6.45, 7) is 2.76. The molecular formula is C8H12N4O. The minimum atomic E-state index is 0.415. The highest BCUT2D eigenvalue weighted by molar-refractivity contribution is 5.27. The van der Waals surface area contributed by atoms with Crippen LogP contribution in [0.15, 0.2) is 12.1 Å². The van der Waals surface area contributed by atoms with E-state index in [0.717, 1.165) is 13.1 Å². The summed E-state index contributed by atoms with van der Waals surface area (Å²) in [7, 11) is 0. The maximum atomic E-state index is 5.40. The van der Waals surface area contributed by atoms with E-state index in [4.69, 9.17) is 10.5 Å². The Labute approximate surface area is 76.3 Å². The number of nitrogens with one attached hydrogen (secondary N) is 1. The molecule has 1 aromatic rings. The zero-order chi connectivity index (χ0) is 9.10. The highest BCUT2D eigenvalue weighted by atomic mass is 16.5. The molecule has 1 aliphatic rings. The van der Waals surface area contributed by atoms with Gasteiger partial charge in [-0.1, -0.05) is 0 Å². The molecule has 0 bridgehead atoms. The molecule has 1 aliphatic heterocycles. The van der Waals surface area contributed by atoms with Gasteiger partial charge in [0.2, 0.25) is 5.88 Å². The van der Waals surface area contributed by atoms with Crippen molar-refractivity contribution >= 4 is 5.82 Å². The predicted molar refractivity (Wildman–Crippen MR) is 48.3 cm³/mol. The summed E-state index contributed by atoms with van der Waals surface area (Å²) < 4.78 is 5.40. The Morgan fingerprint density at radius 1 is 1.46 bits per heavy atom. The summed E-state index contributed by atoms with van der Waals surface area (Å²) in [5, 5.41) is 10.6. The lowest BCUT2D eigenvalue weighted by molar-refractivity contribution is 0.192. The van der Waals surface area contributed by atoms with Gasteiger partial charge in [0.25, 0.3) is 0 Å². The van der Waals surface area contributed by atoms with Crippen LogP contribution in [0.1, 0.15) is 0 Å². The molecule has 2 rings (SSSR count). The van der Waals surface area contributed by atoms with Crippen LogP contribution in [0.3, 0.4) is 0 Å². The molecule has 0 aromatic carbocycles. The Kier molecular flexibility index (Phi) is 2.27. The van der Waals surface area contributed by atoms with Gasteiger partial charge < -0.3 is 15.8 Å². The molecule has 0 amide bonds. The number of aromatic nitrogens is 2. The van der Waals surface area contributed by atoms with Crippen molar-refractivity contribution in [1.82, 2.24) is 15.5 Å². The molecule has 1 fully saturated rings. The van der Waals surface area contributed by atoms with Gasteiger partial charge in [-0.15, -0.1) is 10.2 Å². The fourth-order valence-electron chi connectivity index (χ4n) is 1.08. The Morgan fingerprint density at radius 2 is 2.31 bits per heavy atom. The highest BCUT2D eigenvalue weighted by Crippen LogP contribution is 2.09. The number of rotatable bonds is 3. The molecule has 0 saturated carbocycles. The van der Waals surface area contributed by atoms with Crippen molar-refractivity contribution in [3.05, 3.63) is 12.1 Å². The van der Waals surface area contributed by atoms with Crippen LogP contribution in [0.25, 0.3) is 0 Å². The highest BCUT2D eigenvalue weighted by Gasteiger charge is 2.17. The van der Waals surface area contributed by atoms with Crippen LogP contribution in [-0.4, -0.2) is 29.9 Å². The maximum absolute atomic E-state index is 5.40. The van der Waals surface area contributed by atoms with Crippen molar-refractivity contribution in [3.8, 4) is 5.88 Å². The van der Waals surface area contributed by atoms with Crippen LogP contribution in [0.4, 0.5) is 5.82 Å². The largest absolute Gasteiger partial charge is 0.476 e. The van der Waals surface area contributed by atoms with Crippen molar-refractivity contribution in [3.63, 3.8) is 0 Å². The summed E-state index contributed by atoms with van der Waals surface area (Å²) in [5.41, 5.74) is 5.38. The third-order valence-electron chi connectivity index (χ3n) is 1.99. The van der Waals surface area contributed by atoms with Crippen molar-refractivity contribution in [2.45, 2.75) is 0 Å². The predicted octanol–water partition coefficient (Wildman–Crippen LogP) is -0.343. The third-order valence-corrected chi connectivity index (χ3v) is 1.99. The quantitative estimate of drug-likeness (QED) is 0.665. The fraction of sp³-hybridized carbons (Fsp3) is 0.500. The van der Waals surface area contributed by atoms with Crippen molar-refractivity contribution in [2.24, 2.45) is 5.92 Å². The van der Waals surface area contributed by atoms with Crippen LogP contribution in [0.5, 0.6) is 5.88 Å². The lowest BCUT2D eigenvalue weighted by Crippen LogP contribution is -2.45. The Hall–Kier alpha value is -1.36. The first-order chi connectivity index (χ1) is 6.34. The summed E-state index contributed by atoms with van der Waals surface area (Å²) in [5.74, 6) is 1.57. The molecule has 5 heteroatoms. The minimum absolute atomic E-state index is 0.415. The molecule has 5 nitrogen and oxygen atoms in total. The van der Waals surface area contributed by atoms with E-state index in [1.54, 1.807) is 12.1 Å². The van der Waals surface area contributed by atoms with Gasteiger partial charge in [-0.05, 0) is 6.07 Å². The number of nitrogen functional groups attached to an aromatic ring is 1. The van der Waals surface area contributed by atoms with Gasteiger partial charge in [-0.3, -0.25) is 0 Å². The third kappa shape index (κ3) is 2.06. The van der Waals surface area contributed by atoms with Crippen LogP contribution in [-0.2, 0) is 0 Å². The first-order valence-electron chi connectivity index (χ1n) is 4.27. The van der Waals surface area contributed by atoms with E-state index in [9.17, 15) is 0 Å². The molecule has 0 radical (unpaired) electrons. The van der Waals surface area contributed by atoms with Gasteiger partial charge >= 0.3 is 0 Å². The Bertz CT molecular complexity index is 270. The van der Waals surface area contributed by atoms with Crippen LogP contribution >= 0.6 is 0 Å². The first kappa shape index (κ1) is 8.25. The van der Waals surface area contributed by atoms with Crippen molar-refractivity contribution in [2.75, 3.05) is 25.4 Å². The topological polar surface area (TPSA) is 73.1 Å². The van der Waals surface area contributed by atoms with Crippen molar-refractivity contribution in [1.29, 1.82) is 0 Å². The van der Waals surface area contributed by atoms with Gasteiger partial charge in [0.15, 0.2) is 0 Å². The molecule has 0 atom stereocenters. The summed E-state index contributed by atoms with van der Waals surface area (Å²) >= 11 is 0. The SMILES string of the molecule is Nc1ccc(OCC2CNC2)nn1. The summed E-state index contributed by atoms with van der Waals surface area (Å²) in [4.78, 5) is 0. The molecular weight excluding hydrogens is 168 g/mol. The van der Waals surface area contributed by atoms with Gasteiger partial charge in [-0.2, -0.15) is 0 Å². The second kappa shape index (κ2) is 3.57. The van der Waals surface area contributed by atoms with E-state index >= 15 is 0 Å². The van der Waals surface area contributed by atoms with E-state index in [0.29, 0.717) is 24.2 Å². The van der Waals surface area contributed by atoms with Crippen molar-refractivity contribution < 1.29 is 4.74 Å². The Balaban J connectivity index is 1.83. The first-order valence-corrected chi connectivity index (χ1v) is 4.27. The van der Waals surface area contributed by atoms with E-state index in [-0.39, 0.29) is 0 Å². The second-order valence-corrected chi connectivity index (χ2v) is 3.13. The lowest BCUT2D eigenvalue weighted by atomic mass is 10.1. The number of anilines is 1. The molecule has 3 N–H and O–H groups in total. The van der Waals surface area contributed by atoms with Crippen LogP contribution in [0, 0.1) is 5.92 Å². The number of ether oxygens (including phenoxy) is 1. The van der Waals surface area contributed by atoms with E-state index in [2.05, 4.69) is 15.5 Å². The van der Waals surface area contributed by atoms with E-state index in [1.165, 1.54) is 0 Å². The molecule has 1 saturated heterocycles. The fourth-order valence-corrected chi connectivity index (χ4v) is 1.08. The molecule has 0 spiro atoms. The van der Waals surface area contributed by atoms with Gasteiger partial charge in [0.05, 0.1) is 6.61 Å². The molecule has 0 unspecified atom stereocenters. The average Bonchev–Trinajstić information content (AvgIpc) is 2.05. The minimum Gasteiger partial charge on any atom is -0.476 e. The molecule has 2 heterocycles. The normalized spacial score (nSPS) is 16.6. The van der Waals surface area contributed by atoms with Gasteiger partial charge in [0, 0.05) is 25.1 Å². The molecule has 13 heavy (non-hydrogen) atoms. The summed E-state index contributed by atoms with van der Waals surface area (Å²) in [6, 6.07) is 3.41.